The van der Waals surface area contributed by atoms with Gasteiger partial charge in [-0.3, -0.25) is 9.69 Å². The van der Waals surface area contributed by atoms with Gasteiger partial charge in [-0.2, -0.15) is 0 Å². The molecule has 1 fully saturated rings. The van der Waals surface area contributed by atoms with Crippen LogP contribution in [-0.2, 0) is 11.3 Å². The van der Waals surface area contributed by atoms with Gasteiger partial charge in [-0.25, -0.2) is 4.98 Å². The van der Waals surface area contributed by atoms with Crippen LogP contribution in [0.3, 0.4) is 0 Å². The third-order valence-corrected chi connectivity index (χ3v) is 5.99. The van der Waals surface area contributed by atoms with Gasteiger partial charge in [-0.15, -0.1) is 11.8 Å². The lowest BCUT2D eigenvalue weighted by Crippen LogP contribution is -2.49. The molecule has 1 amide bonds. The molecule has 1 aromatic heterocycles. The van der Waals surface area contributed by atoms with Crippen LogP contribution in [0.25, 0.3) is 0 Å². The second-order valence-electron chi connectivity index (χ2n) is 7.27. The van der Waals surface area contributed by atoms with Gasteiger partial charge >= 0.3 is 0 Å². The number of imidazole rings is 1. The topological polar surface area (TPSA) is 41.4 Å². The highest BCUT2D eigenvalue weighted by atomic mass is 32.2. The van der Waals surface area contributed by atoms with E-state index in [0.29, 0.717) is 12.3 Å². The number of rotatable bonds is 8. The number of carbonyl (C=O) groups excluding carboxylic acids is 1. The molecule has 0 aliphatic carbocycles. The molecule has 6 heteroatoms. The average molecular weight is 387 g/mol. The molecule has 27 heavy (non-hydrogen) atoms. The van der Waals surface area contributed by atoms with Gasteiger partial charge in [0.25, 0.3) is 0 Å². The number of amides is 1. The standard InChI is InChI=1S/C21H30N4OS/c1-18(2)21-22-9-10-25(21)16-13-23-11-14-24(15-12-23)20(26)8-17-27-19-6-4-3-5-7-19/h3-7,9-10,18H,8,11-17H2,1-2H3. The van der Waals surface area contributed by atoms with Crippen LogP contribution in [0.4, 0.5) is 0 Å². The van der Waals surface area contributed by atoms with Crippen molar-refractivity contribution in [3.05, 3.63) is 48.5 Å². The minimum absolute atomic E-state index is 0.287. The van der Waals surface area contributed by atoms with Gasteiger partial charge in [0, 0.05) is 74.6 Å². The Hall–Kier alpha value is -1.79. The SMILES string of the molecule is CC(C)c1nccn1CCN1CCN(C(=O)CCSc2ccccc2)CC1. The van der Waals surface area contributed by atoms with Crippen molar-refractivity contribution in [2.45, 2.75) is 37.6 Å². The van der Waals surface area contributed by atoms with Crippen LogP contribution in [0.5, 0.6) is 0 Å². The third-order valence-electron chi connectivity index (χ3n) is 4.97. The first-order valence-electron chi connectivity index (χ1n) is 9.82. The van der Waals surface area contributed by atoms with E-state index < -0.39 is 0 Å². The Morgan fingerprint density at radius 1 is 1.11 bits per heavy atom. The maximum absolute atomic E-state index is 12.4. The number of thioether (sulfide) groups is 1. The Bertz CT molecular complexity index is 708. The summed E-state index contributed by atoms with van der Waals surface area (Å²) in [5.74, 6) is 2.74. The summed E-state index contributed by atoms with van der Waals surface area (Å²) in [5.41, 5.74) is 0. The zero-order valence-electron chi connectivity index (χ0n) is 16.4. The van der Waals surface area contributed by atoms with Gasteiger partial charge in [-0.05, 0) is 12.1 Å². The molecule has 0 saturated carbocycles. The molecule has 2 aromatic rings. The van der Waals surface area contributed by atoms with Crippen LogP contribution in [0.2, 0.25) is 0 Å². The molecule has 0 bridgehead atoms. The van der Waals surface area contributed by atoms with Crippen molar-refractivity contribution in [2.75, 3.05) is 38.5 Å². The van der Waals surface area contributed by atoms with Crippen LogP contribution in [0, 0.1) is 0 Å². The molecule has 0 spiro atoms. The van der Waals surface area contributed by atoms with Crippen molar-refractivity contribution in [3.63, 3.8) is 0 Å². The van der Waals surface area contributed by atoms with E-state index >= 15 is 0 Å². The lowest BCUT2D eigenvalue weighted by molar-refractivity contribution is -0.132. The van der Waals surface area contributed by atoms with Gasteiger partial charge in [-0.1, -0.05) is 32.0 Å². The summed E-state index contributed by atoms with van der Waals surface area (Å²) in [4.78, 5) is 22.6. The maximum atomic E-state index is 12.4. The molecule has 0 unspecified atom stereocenters. The van der Waals surface area contributed by atoms with Gasteiger partial charge < -0.3 is 9.47 Å². The second kappa shape index (κ2) is 9.95. The van der Waals surface area contributed by atoms with Crippen molar-refractivity contribution in [2.24, 2.45) is 0 Å². The average Bonchev–Trinajstić information content (AvgIpc) is 3.16. The van der Waals surface area contributed by atoms with E-state index in [2.05, 4.69) is 46.6 Å². The van der Waals surface area contributed by atoms with Gasteiger partial charge in [0.05, 0.1) is 0 Å². The molecule has 0 N–H and O–H groups in total. The van der Waals surface area contributed by atoms with Gasteiger partial charge in [0.15, 0.2) is 0 Å². The summed E-state index contributed by atoms with van der Waals surface area (Å²) in [6.07, 6.45) is 4.57. The van der Waals surface area contributed by atoms with Crippen LogP contribution in [0.15, 0.2) is 47.6 Å². The minimum Gasteiger partial charge on any atom is -0.340 e. The van der Waals surface area contributed by atoms with E-state index in [0.717, 1.165) is 50.8 Å². The zero-order valence-corrected chi connectivity index (χ0v) is 17.2. The predicted molar refractivity (Wildman–Crippen MR) is 111 cm³/mol. The Balaban J connectivity index is 1.35. The van der Waals surface area contributed by atoms with E-state index in [4.69, 9.17) is 0 Å². The highest BCUT2D eigenvalue weighted by molar-refractivity contribution is 7.99. The van der Waals surface area contributed by atoms with E-state index in [1.807, 2.05) is 29.3 Å². The van der Waals surface area contributed by atoms with Crippen molar-refractivity contribution in [1.29, 1.82) is 0 Å². The van der Waals surface area contributed by atoms with Crippen molar-refractivity contribution in [3.8, 4) is 0 Å². The van der Waals surface area contributed by atoms with Crippen LogP contribution in [0.1, 0.15) is 32.0 Å². The summed E-state index contributed by atoms with van der Waals surface area (Å²) in [6, 6.07) is 10.3. The Morgan fingerprint density at radius 2 is 1.85 bits per heavy atom. The van der Waals surface area contributed by atoms with E-state index in [1.54, 1.807) is 11.8 Å². The van der Waals surface area contributed by atoms with Gasteiger partial charge in [0.1, 0.15) is 5.82 Å². The van der Waals surface area contributed by atoms with E-state index in [-0.39, 0.29) is 5.91 Å². The first kappa shape index (κ1) is 20.0. The molecule has 1 aliphatic heterocycles. The lowest BCUT2D eigenvalue weighted by Gasteiger charge is -2.35. The van der Waals surface area contributed by atoms with E-state index in [9.17, 15) is 4.79 Å². The number of piperazine rings is 1. The summed E-state index contributed by atoms with van der Waals surface area (Å²) in [6.45, 7) is 9.95. The molecule has 2 heterocycles. The Labute approximate surface area is 166 Å². The van der Waals surface area contributed by atoms with Crippen LogP contribution >= 0.6 is 11.8 Å². The lowest BCUT2D eigenvalue weighted by atomic mass is 10.2. The maximum Gasteiger partial charge on any atom is 0.223 e. The molecule has 1 saturated heterocycles. The van der Waals surface area contributed by atoms with Crippen LogP contribution < -0.4 is 0 Å². The quantitative estimate of drug-likeness (QED) is 0.653. The summed E-state index contributed by atoms with van der Waals surface area (Å²) >= 11 is 1.76. The fourth-order valence-electron chi connectivity index (χ4n) is 3.41. The summed E-state index contributed by atoms with van der Waals surface area (Å²) < 4.78 is 2.25. The zero-order chi connectivity index (χ0) is 19.1. The minimum atomic E-state index is 0.287. The molecule has 0 radical (unpaired) electrons. The molecule has 1 aliphatic rings. The first-order chi connectivity index (χ1) is 13.1. The Kier molecular flexibility index (Phi) is 7.35. The molecule has 146 valence electrons. The summed E-state index contributed by atoms with van der Waals surface area (Å²) in [7, 11) is 0. The van der Waals surface area contributed by atoms with Crippen molar-refractivity contribution in [1.82, 2.24) is 19.4 Å². The first-order valence-corrected chi connectivity index (χ1v) is 10.8. The number of aromatic nitrogens is 2. The molecule has 3 rings (SSSR count). The van der Waals surface area contributed by atoms with Gasteiger partial charge in [0.2, 0.25) is 5.91 Å². The number of benzene rings is 1. The fourth-order valence-corrected chi connectivity index (χ4v) is 4.27. The fraction of sp³-hybridized carbons (Fsp3) is 0.524. The normalized spacial score (nSPS) is 15.4. The van der Waals surface area contributed by atoms with Crippen molar-refractivity contribution < 1.29 is 4.79 Å². The highest BCUT2D eigenvalue weighted by Gasteiger charge is 2.20. The number of nitrogens with zero attached hydrogens (tertiary/aromatic N) is 4. The molecule has 5 nitrogen and oxygen atoms in total. The molecular weight excluding hydrogens is 356 g/mol. The largest absolute Gasteiger partial charge is 0.340 e. The molecule has 0 atom stereocenters. The Morgan fingerprint density at radius 3 is 2.56 bits per heavy atom. The highest BCUT2D eigenvalue weighted by Crippen LogP contribution is 2.18. The molecule has 1 aromatic carbocycles. The number of carbonyl (C=O) groups is 1. The predicted octanol–water partition coefficient (Wildman–Crippen LogP) is 3.33. The monoisotopic (exact) mass is 386 g/mol. The second-order valence-corrected chi connectivity index (χ2v) is 8.44. The van der Waals surface area contributed by atoms with E-state index in [1.165, 1.54) is 4.90 Å². The smallest absolute Gasteiger partial charge is 0.223 e. The number of hydrogen-bond acceptors (Lipinski definition) is 4. The summed E-state index contributed by atoms with van der Waals surface area (Å²) in [5, 5.41) is 0. The number of hydrogen-bond donors (Lipinski definition) is 0. The molecular formula is C21H30N4OS. The van der Waals surface area contributed by atoms with Crippen molar-refractivity contribution >= 4 is 17.7 Å². The van der Waals surface area contributed by atoms with Crippen LogP contribution in [-0.4, -0.2) is 63.7 Å². The third kappa shape index (κ3) is 5.84.